The lowest BCUT2D eigenvalue weighted by Gasteiger charge is -2.25. The van der Waals surface area contributed by atoms with E-state index in [2.05, 4.69) is 0 Å². The Morgan fingerprint density at radius 3 is 2.81 bits per heavy atom. The molecular weight excluding hydrogens is 202 g/mol. The molecule has 2 rings (SSSR count). The fourth-order valence-corrected chi connectivity index (χ4v) is 2.90. The first-order valence-electron chi connectivity index (χ1n) is 6.65. The Bertz CT molecular complexity index is 236. The Morgan fingerprint density at radius 2 is 2.12 bits per heavy atom. The van der Waals surface area contributed by atoms with Crippen molar-refractivity contribution >= 4 is 5.78 Å². The van der Waals surface area contributed by atoms with Crippen LogP contribution in [0.2, 0.25) is 0 Å². The molecule has 0 aromatic heterocycles. The quantitative estimate of drug-likeness (QED) is 0.796. The second-order valence-electron chi connectivity index (χ2n) is 5.26. The summed E-state index contributed by atoms with van der Waals surface area (Å²) >= 11 is 0. The van der Waals surface area contributed by atoms with Crippen LogP contribution in [0.1, 0.15) is 51.4 Å². The number of rotatable bonds is 4. The van der Waals surface area contributed by atoms with Gasteiger partial charge < -0.3 is 10.5 Å². The molecule has 3 nitrogen and oxygen atoms in total. The molecule has 0 spiro atoms. The molecular formula is C13H23NO2. The molecule has 1 aliphatic carbocycles. The molecule has 3 atom stereocenters. The lowest BCUT2D eigenvalue weighted by Crippen LogP contribution is -2.31. The van der Waals surface area contributed by atoms with Crippen molar-refractivity contribution in [1.29, 1.82) is 0 Å². The van der Waals surface area contributed by atoms with E-state index in [1.54, 1.807) is 0 Å². The smallest absolute Gasteiger partial charge is 0.136 e. The minimum Gasteiger partial charge on any atom is -0.378 e. The Hall–Kier alpha value is -0.410. The van der Waals surface area contributed by atoms with Crippen LogP contribution < -0.4 is 5.73 Å². The molecule has 3 unspecified atom stereocenters. The van der Waals surface area contributed by atoms with Crippen molar-refractivity contribution in [3.05, 3.63) is 0 Å². The molecule has 16 heavy (non-hydrogen) atoms. The monoisotopic (exact) mass is 225 g/mol. The largest absolute Gasteiger partial charge is 0.378 e. The molecule has 1 heterocycles. The van der Waals surface area contributed by atoms with Crippen molar-refractivity contribution in [1.82, 2.24) is 0 Å². The number of carbonyl (C=O) groups is 1. The molecule has 2 aliphatic rings. The zero-order valence-electron chi connectivity index (χ0n) is 9.99. The van der Waals surface area contributed by atoms with Gasteiger partial charge in [0.25, 0.3) is 0 Å². The van der Waals surface area contributed by atoms with Crippen LogP contribution in [0.25, 0.3) is 0 Å². The summed E-state index contributed by atoms with van der Waals surface area (Å²) in [5, 5.41) is 0. The maximum atomic E-state index is 12.0. The van der Waals surface area contributed by atoms with Crippen LogP contribution in [0.3, 0.4) is 0 Å². The molecule has 0 aromatic rings. The summed E-state index contributed by atoms with van der Waals surface area (Å²) in [4.78, 5) is 12.0. The highest BCUT2D eigenvalue weighted by atomic mass is 16.5. The van der Waals surface area contributed by atoms with Gasteiger partial charge in [-0.25, -0.2) is 0 Å². The summed E-state index contributed by atoms with van der Waals surface area (Å²) in [6.45, 7) is 0.882. The van der Waals surface area contributed by atoms with Crippen molar-refractivity contribution in [2.45, 2.75) is 63.5 Å². The summed E-state index contributed by atoms with van der Waals surface area (Å²) in [6, 6.07) is 0.255. The predicted molar refractivity (Wildman–Crippen MR) is 63.1 cm³/mol. The van der Waals surface area contributed by atoms with Crippen LogP contribution in [-0.4, -0.2) is 24.5 Å². The highest BCUT2D eigenvalue weighted by molar-refractivity contribution is 5.81. The van der Waals surface area contributed by atoms with Gasteiger partial charge in [0, 0.05) is 25.0 Å². The van der Waals surface area contributed by atoms with Crippen LogP contribution in [0, 0.1) is 5.92 Å². The van der Waals surface area contributed by atoms with Crippen molar-refractivity contribution in [3.63, 3.8) is 0 Å². The molecule has 2 fully saturated rings. The average molecular weight is 225 g/mol. The van der Waals surface area contributed by atoms with Gasteiger partial charge in [-0.15, -0.1) is 0 Å². The average Bonchev–Trinajstić information content (AvgIpc) is 2.78. The van der Waals surface area contributed by atoms with Crippen molar-refractivity contribution in [2.24, 2.45) is 11.7 Å². The molecule has 2 N–H and O–H groups in total. The van der Waals surface area contributed by atoms with E-state index in [0.29, 0.717) is 18.3 Å². The van der Waals surface area contributed by atoms with Gasteiger partial charge in [0.2, 0.25) is 0 Å². The van der Waals surface area contributed by atoms with E-state index in [-0.39, 0.29) is 12.0 Å². The Balaban J connectivity index is 1.70. The molecule has 0 radical (unpaired) electrons. The first kappa shape index (κ1) is 12.1. The van der Waals surface area contributed by atoms with Gasteiger partial charge in [-0.1, -0.05) is 6.42 Å². The number of ether oxygens (including phenoxy) is 1. The van der Waals surface area contributed by atoms with Gasteiger partial charge >= 0.3 is 0 Å². The van der Waals surface area contributed by atoms with Gasteiger partial charge in [0.15, 0.2) is 0 Å². The minimum absolute atomic E-state index is 0.241. The standard InChI is InChI=1S/C13H23NO2/c14-11-4-1-3-10(9-11)13(15)7-6-12-5-2-8-16-12/h10-12H,1-9,14H2. The molecule has 92 valence electrons. The van der Waals surface area contributed by atoms with Crippen LogP contribution in [0.5, 0.6) is 0 Å². The van der Waals surface area contributed by atoms with Crippen molar-refractivity contribution in [2.75, 3.05) is 6.61 Å². The summed E-state index contributed by atoms with van der Waals surface area (Å²) in [5.74, 6) is 0.663. The van der Waals surface area contributed by atoms with Gasteiger partial charge in [0.1, 0.15) is 5.78 Å². The molecule has 0 aromatic carbocycles. The maximum absolute atomic E-state index is 12.0. The Kier molecular flexibility index (Phi) is 4.36. The van der Waals surface area contributed by atoms with E-state index in [9.17, 15) is 4.79 Å². The Labute approximate surface area is 97.7 Å². The highest BCUT2D eigenvalue weighted by Crippen LogP contribution is 2.26. The lowest BCUT2D eigenvalue weighted by molar-refractivity contribution is -0.124. The second-order valence-corrected chi connectivity index (χ2v) is 5.26. The van der Waals surface area contributed by atoms with Crippen molar-refractivity contribution in [3.8, 4) is 0 Å². The number of hydrogen-bond acceptors (Lipinski definition) is 3. The minimum atomic E-state index is 0.241. The summed E-state index contributed by atoms with van der Waals surface area (Å²) in [6.07, 6.45) is 8.44. The fraction of sp³-hybridized carbons (Fsp3) is 0.923. The van der Waals surface area contributed by atoms with Crippen LogP contribution >= 0.6 is 0 Å². The second kappa shape index (κ2) is 5.78. The third kappa shape index (κ3) is 3.29. The van der Waals surface area contributed by atoms with Gasteiger partial charge in [-0.05, 0) is 38.5 Å². The zero-order chi connectivity index (χ0) is 11.4. The Morgan fingerprint density at radius 1 is 1.25 bits per heavy atom. The molecule has 1 saturated heterocycles. The molecule has 0 bridgehead atoms. The van der Waals surface area contributed by atoms with E-state index in [4.69, 9.17) is 10.5 Å². The van der Waals surface area contributed by atoms with E-state index >= 15 is 0 Å². The third-order valence-corrected chi connectivity index (χ3v) is 3.91. The summed E-state index contributed by atoms with van der Waals surface area (Å²) in [5.41, 5.74) is 5.90. The SMILES string of the molecule is NC1CCCC(C(=O)CCC2CCCO2)C1. The van der Waals surface area contributed by atoms with E-state index < -0.39 is 0 Å². The number of carbonyl (C=O) groups excluding carboxylic acids is 1. The third-order valence-electron chi connectivity index (χ3n) is 3.91. The number of ketones is 1. The summed E-state index contributed by atoms with van der Waals surface area (Å²) < 4.78 is 5.53. The molecule has 1 saturated carbocycles. The number of Topliss-reactive ketones (excluding diaryl/α,β-unsaturated/α-hetero) is 1. The first-order chi connectivity index (χ1) is 7.75. The van der Waals surface area contributed by atoms with Gasteiger partial charge in [-0.2, -0.15) is 0 Å². The highest BCUT2D eigenvalue weighted by Gasteiger charge is 2.26. The van der Waals surface area contributed by atoms with Crippen molar-refractivity contribution < 1.29 is 9.53 Å². The first-order valence-corrected chi connectivity index (χ1v) is 6.65. The van der Waals surface area contributed by atoms with E-state index in [0.717, 1.165) is 51.6 Å². The zero-order valence-corrected chi connectivity index (χ0v) is 9.99. The number of nitrogens with two attached hydrogens (primary N) is 1. The predicted octanol–water partition coefficient (Wildman–Crippen LogP) is 2.03. The lowest BCUT2D eigenvalue weighted by atomic mass is 9.82. The van der Waals surface area contributed by atoms with Crippen LogP contribution in [0.15, 0.2) is 0 Å². The normalized spacial score (nSPS) is 35.2. The van der Waals surface area contributed by atoms with Crippen LogP contribution in [-0.2, 0) is 9.53 Å². The molecule has 1 aliphatic heterocycles. The number of hydrogen-bond donors (Lipinski definition) is 1. The molecule has 0 amide bonds. The molecule has 3 heteroatoms. The topological polar surface area (TPSA) is 52.3 Å². The maximum Gasteiger partial charge on any atom is 0.136 e. The fourth-order valence-electron chi connectivity index (χ4n) is 2.90. The van der Waals surface area contributed by atoms with Crippen LogP contribution in [0.4, 0.5) is 0 Å². The van der Waals surface area contributed by atoms with Gasteiger partial charge in [0.05, 0.1) is 6.10 Å². The van der Waals surface area contributed by atoms with E-state index in [1.165, 1.54) is 0 Å². The van der Waals surface area contributed by atoms with E-state index in [1.807, 2.05) is 0 Å². The summed E-state index contributed by atoms with van der Waals surface area (Å²) in [7, 11) is 0. The van der Waals surface area contributed by atoms with Gasteiger partial charge in [-0.3, -0.25) is 4.79 Å².